The molecule has 26 heavy (non-hydrogen) atoms. The van der Waals surface area contributed by atoms with Gasteiger partial charge in [-0.05, 0) is 31.2 Å². The summed E-state index contributed by atoms with van der Waals surface area (Å²) in [5.74, 6) is 0.674. The fraction of sp³-hybridized carbons (Fsp3) is 0.222. The van der Waals surface area contributed by atoms with Gasteiger partial charge in [-0.3, -0.25) is 14.9 Å². The zero-order valence-electron chi connectivity index (χ0n) is 14.4. The topological polar surface area (TPSA) is 90.1 Å². The van der Waals surface area contributed by atoms with E-state index in [1.54, 1.807) is 19.1 Å². The highest BCUT2D eigenvalue weighted by Crippen LogP contribution is 2.25. The Morgan fingerprint density at radius 3 is 2.62 bits per heavy atom. The smallest absolute Gasteiger partial charge is 0.269 e. The Kier molecular flexibility index (Phi) is 5.22. The molecule has 0 aliphatic carbocycles. The fourth-order valence-corrected chi connectivity index (χ4v) is 3.46. The largest absolute Gasteiger partial charge is 0.348 e. The van der Waals surface area contributed by atoms with Gasteiger partial charge in [0.05, 0.1) is 27.8 Å². The second-order valence-corrected chi connectivity index (χ2v) is 7.22. The van der Waals surface area contributed by atoms with Gasteiger partial charge in [0, 0.05) is 24.1 Å². The first-order valence-corrected chi connectivity index (χ1v) is 8.93. The third kappa shape index (κ3) is 3.85. The zero-order valence-corrected chi connectivity index (χ0v) is 15.2. The van der Waals surface area contributed by atoms with E-state index < -0.39 is 4.92 Å². The lowest BCUT2D eigenvalue weighted by molar-refractivity contribution is -0.384. The third-order valence-corrected chi connectivity index (χ3v) is 5.14. The van der Waals surface area contributed by atoms with E-state index >= 15 is 0 Å². The molecular formula is C18H18N4O3S. The highest BCUT2D eigenvalue weighted by atomic mass is 32.2. The van der Waals surface area contributed by atoms with E-state index in [1.807, 2.05) is 35.9 Å². The van der Waals surface area contributed by atoms with Gasteiger partial charge in [-0.25, -0.2) is 4.98 Å². The van der Waals surface area contributed by atoms with Crippen molar-refractivity contribution in [2.75, 3.05) is 0 Å². The maximum absolute atomic E-state index is 12.3. The van der Waals surface area contributed by atoms with Crippen molar-refractivity contribution in [2.45, 2.75) is 23.6 Å². The Morgan fingerprint density at radius 1 is 1.27 bits per heavy atom. The van der Waals surface area contributed by atoms with Crippen LogP contribution in [-0.4, -0.2) is 25.6 Å². The molecule has 0 aliphatic heterocycles. The summed E-state index contributed by atoms with van der Waals surface area (Å²) in [5, 5.41) is 13.3. The number of carbonyl (C=O) groups excluding carboxylic acids is 1. The molecular weight excluding hydrogens is 352 g/mol. The van der Waals surface area contributed by atoms with Gasteiger partial charge in [-0.1, -0.05) is 12.1 Å². The molecule has 1 N–H and O–H groups in total. The van der Waals surface area contributed by atoms with Crippen LogP contribution in [0.2, 0.25) is 0 Å². The Bertz CT molecular complexity index is 953. The molecule has 3 aromatic rings. The molecule has 0 aliphatic rings. The Hall–Kier alpha value is -2.87. The number of nitro groups is 1. The van der Waals surface area contributed by atoms with Crippen LogP contribution in [0.25, 0.3) is 11.0 Å². The standard InChI is InChI=1S/C18H18N4O3S/c1-12(26-14-9-7-13(8-10-14)22(24)25)18(23)19-11-17-20-15-5-3-4-6-16(15)21(17)2/h3-10,12H,11H2,1-2H3,(H,19,23)/t12-/m0/s1. The first-order valence-electron chi connectivity index (χ1n) is 8.05. The number of aromatic nitrogens is 2. The van der Waals surface area contributed by atoms with Crippen molar-refractivity contribution in [2.24, 2.45) is 7.05 Å². The number of benzene rings is 2. The molecule has 1 aromatic heterocycles. The molecule has 0 radical (unpaired) electrons. The van der Waals surface area contributed by atoms with E-state index in [2.05, 4.69) is 10.3 Å². The lowest BCUT2D eigenvalue weighted by atomic mass is 10.3. The van der Waals surface area contributed by atoms with Crippen molar-refractivity contribution < 1.29 is 9.72 Å². The number of nitro benzene ring substituents is 1. The van der Waals surface area contributed by atoms with E-state index in [1.165, 1.54) is 23.9 Å². The Morgan fingerprint density at radius 2 is 1.96 bits per heavy atom. The number of nitrogens with zero attached hydrogens (tertiary/aromatic N) is 3. The predicted molar refractivity (Wildman–Crippen MR) is 101 cm³/mol. The maximum atomic E-state index is 12.3. The first-order chi connectivity index (χ1) is 12.5. The minimum absolute atomic E-state index is 0.0355. The van der Waals surface area contributed by atoms with Gasteiger partial charge < -0.3 is 9.88 Å². The number of fused-ring (bicyclic) bond motifs is 1. The van der Waals surface area contributed by atoms with E-state index in [0.29, 0.717) is 6.54 Å². The predicted octanol–water partition coefficient (Wildman–Crippen LogP) is 3.28. The molecule has 0 fully saturated rings. The molecule has 0 saturated carbocycles. The second-order valence-electron chi connectivity index (χ2n) is 5.80. The number of hydrogen-bond acceptors (Lipinski definition) is 5. The molecule has 134 valence electrons. The number of amides is 1. The second kappa shape index (κ2) is 7.57. The number of para-hydroxylation sites is 2. The molecule has 0 unspecified atom stereocenters. The van der Waals surface area contributed by atoms with Crippen LogP contribution in [0.3, 0.4) is 0 Å². The normalized spacial score (nSPS) is 12.1. The summed E-state index contributed by atoms with van der Waals surface area (Å²) in [6.07, 6.45) is 0. The van der Waals surface area contributed by atoms with Crippen molar-refractivity contribution in [3.05, 3.63) is 64.5 Å². The van der Waals surface area contributed by atoms with E-state index in [0.717, 1.165) is 21.8 Å². The van der Waals surface area contributed by atoms with Crippen LogP contribution in [-0.2, 0) is 18.4 Å². The molecule has 0 saturated heterocycles. The van der Waals surface area contributed by atoms with Gasteiger partial charge >= 0.3 is 0 Å². The lowest BCUT2D eigenvalue weighted by Crippen LogP contribution is -2.31. The van der Waals surface area contributed by atoms with Crippen LogP contribution >= 0.6 is 11.8 Å². The van der Waals surface area contributed by atoms with Gasteiger partial charge in [-0.15, -0.1) is 11.8 Å². The van der Waals surface area contributed by atoms with Crippen LogP contribution in [0.5, 0.6) is 0 Å². The Labute approximate surface area is 154 Å². The molecule has 8 heteroatoms. The first kappa shape index (κ1) is 17.9. The highest BCUT2D eigenvalue weighted by Gasteiger charge is 2.16. The van der Waals surface area contributed by atoms with Crippen LogP contribution < -0.4 is 5.32 Å². The van der Waals surface area contributed by atoms with Crippen molar-refractivity contribution in [3.63, 3.8) is 0 Å². The molecule has 1 atom stereocenters. The quantitative estimate of drug-likeness (QED) is 0.408. The Balaban J connectivity index is 1.60. The lowest BCUT2D eigenvalue weighted by Gasteiger charge is -2.12. The van der Waals surface area contributed by atoms with Crippen LogP contribution in [0, 0.1) is 10.1 Å². The van der Waals surface area contributed by atoms with Gasteiger partial charge in [-0.2, -0.15) is 0 Å². The number of thioether (sulfide) groups is 1. The SMILES string of the molecule is C[C@H](Sc1ccc([N+](=O)[O-])cc1)C(=O)NCc1nc2ccccc2n1C. The van der Waals surface area contributed by atoms with Gasteiger partial charge in [0.15, 0.2) is 0 Å². The summed E-state index contributed by atoms with van der Waals surface area (Å²) in [7, 11) is 1.92. The van der Waals surface area contributed by atoms with Crippen molar-refractivity contribution in [1.82, 2.24) is 14.9 Å². The van der Waals surface area contributed by atoms with Gasteiger partial charge in [0.2, 0.25) is 5.91 Å². The summed E-state index contributed by atoms with van der Waals surface area (Å²) in [6.45, 7) is 2.14. The summed E-state index contributed by atoms with van der Waals surface area (Å²) in [5.41, 5.74) is 1.95. The average Bonchev–Trinajstić information content (AvgIpc) is 2.96. The van der Waals surface area contributed by atoms with E-state index in [4.69, 9.17) is 0 Å². The number of rotatable bonds is 6. The molecule has 3 rings (SSSR count). The average molecular weight is 370 g/mol. The molecule has 0 spiro atoms. The van der Waals surface area contributed by atoms with Gasteiger partial charge in [0.25, 0.3) is 5.69 Å². The minimum atomic E-state index is -0.443. The van der Waals surface area contributed by atoms with Crippen molar-refractivity contribution >= 4 is 34.4 Å². The number of carbonyl (C=O) groups is 1. The summed E-state index contributed by atoms with van der Waals surface area (Å²) < 4.78 is 1.96. The van der Waals surface area contributed by atoms with Crippen molar-refractivity contribution in [1.29, 1.82) is 0 Å². The number of non-ortho nitro benzene ring substituents is 1. The summed E-state index contributed by atoms with van der Waals surface area (Å²) in [6, 6.07) is 14.0. The minimum Gasteiger partial charge on any atom is -0.348 e. The van der Waals surface area contributed by atoms with E-state index in [9.17, 15) is 14.9 Å². The summed E-state index contributed by atoms with van der Waals surface area (Å²) >= 11 is 1.35. The molecule has 1 heterocycles. The van der Waals surface area contributed by atoms with Crippen LogP contribution in [0.4, 0.5) is 5.69 Å². The number of nitrogens with one attached hydrogen (secondary N) is 1. The fourth-order valence-electron chi connectivity index (χ4n) is 2.57. The molecule has 1 amide bonds. The highest BCUT2D eigenvalue weighted by molar-refractivity contribution is 8.00. The molecule has 7 nitrogen and oxygen atoms in total. The number of aryl methyl sites for hydroxylation is 1. The maximum Gasteiger partial charge on any atom is 0.269 e. The van der Waals surface area contributed by atoms with E-state index in [-0.39, 0.29) is 16.8 Å². The van der Waals surface area contributed by atoms with Crippen LogP contribution in [0.15, 0.2) is 53.4 Å². The zero-order chi connectivity index (χ0) is 18.7. The van der Waals surface area contributed by atoms with Crippen molar-refractivity contribution in [3.8, 4) is 0 Å². The number of hydrogen-bond donors (Lipinski definition) is 1. The van der Waals surface area contributed by atoms with Crippen LogP contribution in [0.1, 0.15) is 12.7 Å². The number of imidazole rings is 1. The third-order valence-electron chi connectivity index (χ3n) is 4.03. The summed E-state index contributed by atoms with van der Waals surface area (Å²) in [4.78, 5) is 27.9. The monoisotopic (exact) mass is 370 g/mol. The molecule has 2 aromatic carbocycles. The van der Waals surface area contributed by atoms with Gasteiger partial charge in [0.1, 0.15) is 5.82 Å². The molecule has 0 bridgehead atoms.